The van der Waals surface area contributed by atoms with Gasteiger partial charge in [0.05, 0.1) is 0 Å². The third kappa shape index (κ3) is 3.58. The van der Waals surface area contributed by atoms with Crippen LogP contribution in [0, 0.1) is 0 Å². The van der Waals surface area contributed by atoms with Crippen molar-refractivity contribution in [3.63, 3.8) is 0 Å². The number of aliphatic carboxylic acids is 1. The van der Waals surface area contributed by atoms with Crippen LogP contribution in [-0.4, -0.2) is 49.2 Å². The van der Waals surface area contributed by atoms with E-state index in [1.807, 2.05) is 12.1 Å². The lowest BCUT2D eigenvalue weighted by molar-refractivity contribution is -0.131. The second kappa shape index (κ2) is 5.89. The van der Waals surface area contributed by atoms with Crippen LogP contribution in [0.25, 0.3) is 6.08 Å². The average Bonchev–Trinajstić information content (AvgIpc) is 2.86. The van der Waals surface area contributed by atoms with Crippen molar-refractivity contribution in [1.82, 2.24) is 4.90 Å². The molecule has 1 saturated heterocycles. The first-order chi connectivity index (χ1) is 9.06. The van der Waals surface area contributed by atoms with Crippen LogP contribution in [0.4, 0.5) is 5.69 Å². The summed E-state index contributed by atoms with van der Waals surface area (Å²) in [5, 5.41) is 8.58. The van der Waals surface area contributed by atoms with Gasteiger partial charge in [0.1, 0.15) is 0 Å². The fourth-order valence-corrected chi connectivity index (χ4v) is 2.36. The van der Waals surface area contributed by atoms with Crippen LogP contribution in [0.3, 0.4) is 0 Å². The van der Waals surface area contributed by atoms with Gasteiger partial charge in [-0.05, 0) is 44.3 Å². The lowest BCUT2D eigenvalue weighted by atomic mass is 10.2. The molecule has 0 amide bonds. The summed E-state index contributed by atoms with van der Waals surface area (Å²) in [6.45, 7) is 2.13. The molecular weight excluding hydrogens is 240 g/mol. The van der Waals surface area contributed by atoms with E-state index in [1.165, 1.54) is 12.1 Å². The first-order valence-corrected chi connectivity index (χ1v) is 6.48. The zero-order valence-corrected chi connectivity index (χ0v) is 11.4. The molecule has 0 bridgehead atoms. The molecule has 1 aliphatic heterocycles. The molecular formula is C15H20N2O2. The predicted molar refractivity (Wildman–Crippen MR) is 77.4 cm³/mol. The summed E-state index contributed by atoms with van der Waals surface area (Å²) in [6.07, 6.45) is 3.96. The second-order valence-electron chi connectivity index (χ2n) is 5.12. The van der Waals surface area contributed by atoms with Gasteiger partial charge in [0.15, 0.2) is 0 Å². The minimum Gasteiger partial charge on any atom is -0.478 e. The first kappa shape index (κ1) is 13.6. The Balaban J connectivity index is 2.01. The monoisotopic (exact) mass is 260 g/mol. The zero-order chi connectivity index (χ0) is 13.8. The molecule has 1 aromatic carbocycles. The van der Waals surface area contributed by atoms with E-state index in [-0.39, 0.29) is 0 Å². The Bertz CT molecular complexity index is 466. The summed E-state index contributed by atoms with van der Waals surface area (Å²) in [5.41, 5.74) is 2.12. The molecule has 0 aromatic heterocycles. The van der Waals surface area contributed by atoms with Crippen molar-refractivity contribution in [3.8, 4) is 0 Å². The molecule has 1 unspecified atom stereocenters. The van der Waals surface area contributed by atoms with Crippen LogP contribution in [0.2, 0.25) is 0 Å². The van der Waals surface area contributed by atoms with Gasteiger partial charge in [0.25, 0.3) is 0 Å². The maximum Gasteiger partial charge on any atom is 0.328 e. The third-order valence-electron chi connectivity index (χ3n) is 3.57. The third-order valence-corrected chi connectivity index (χ3v) is 3.57. The zero-order valence-electron chi connectivity index (χ0n) is 11.4. The molecule has 1 aliphatic rings. The lowest BCUT2D eigenvalue weighted by Gasteiger charge is -2.21. The molecule has 1 fully saturated rings. The van der Waals surface area contributed by atoms with Crippen LogP contribution in [-0.2, 0) is 4.79 Å². The standard InChI is InChI=1S/C15H20N2O2/c1-16(2)14-9-10-17(11-14)13-6-3-12(4-7-13)5-8-15(18)19/h3-8,14H,9-11H2,1-2H3,(H,18,19). The molecule has 1 atom stereocenters. The topological polar surface area (TPSA) is 43.8 Å². The SMILES string of the molecule is CN(C)C1CCN(c2ccc(C=CC(=O)O)cc2)C1. The van der Waals surface area contributed by atoms with Gasteiger partial charge in [-0.1, -0.05) is 12.1 Å². The van der Waals surface area contributed by atoms with Crippen LogP contribution >= 0.6 is 0 Å². The maximum absolute atomic E-state index is 10.4. The average molecular weight is 260 g/mol. The highest BCUT2D eigenvalue weighted by Gasteiger charge is 2.23. The van der Waals surface area contributed by atoms with Gasteiger partial charge in [-0.3, -0.25) is 0 Å². The Hall–Kier alpha value is -1.81. The molecule has 1 heterocycles. The van der Waals surface area contributed by atoms with Crippen LogP contribution in [0.5, 0.6) is 0 Å². The lowest BCUT2D eigenvalue weighted by Crippen LogP contribution is -2.31. The summed E-state index contributed by atoms with van der Waals surface area (Å²) >= 11 is 0. The number of carboxylic acid groups (broad SMARTS) is 1. The Kier molecular flexibility index (Phi) is 4.22. The number of carbonyl (C=O) groups is 1. The largest absolute Gasteiger partial charge is 0.478 e. The molecule has 0 saturated carbocycles. The van der Waals surface area contributed by atoms with Crippen LogP contribution in [0.15, 0.2) is 30.3 Å². The number of rotatable bonds is 4. The summed E-state index contributed by atoms with van der Waals surface area (Å²) in [4.78, 5) is 15.1. The van der Waals surface area contributed by atoms with Gasteiger partial charge in [-0.25, -0.2) is 4.79 Å². The summed E-state index contributed by atoms with van der Waals surface area (Å²) in [7, 11) is 4.24. The summed E-state index contributed by atoms with van der Waals surface area (Å²) in [5.74, 6) is -0.919. The van der Waals surface area contributed by atoms with Crippen molar-refractivity contribution < 1.29 is 9.90 Å². The van der Waals surface area contributed by atoms with Gasteiger partial charge in [0.2, 0.25) is 0 Å². The van der Waals surface area contributed by atoms with Crippen molar-refractivity contribution >= 4 is 17.7 Å². The van der Waals surface area contributed by atoms with Crippen molar-refractivity contribution in [1.29, 1.82) is 0 Å². The number of benzene rings is 1. The Labute approximate surface area is 113 Å². The highest BCUT2D eigenvalue weighted by molar-refractivity contribution is 5.85. The van der Waals surface area contributed by atoms with E-state index >= 15 is 0 Å². The minimum absolute atomic E-state index is 0.617. The maximum atomic E-state index is 10.4. The van der Waals surface area contributed by atoms with E-state index in [1.54, 1.807) is 6.08 Å². The van der Waals surface area contributed by atoms with E-state index in [0.717, 1.165) is 24.7 Å². The number of nitrogens with zero attached hydrogens (tertiary/aromatic N) is 2. The number of hydrogen-bond acceptors (Lipinski definition) is 3. The Morgan fingerprint density at radius 3 is 2.58 bits per heavy atom. The van der Waals surface area contributed by atoms with Crippen molar-refractivity contribution in [2.24, 2.45) is 0 Å². The molecule has 19 heavy (non-hydrogen) atoms. The van der Waals surface area contributed by atoms with E-state index in [9.17, 15) is 4.79 Å². The number of likely N-dealkylation sites (N-methyl/N-ethyl adjacent to an activating group) is 1. The van der Waals surface area contributed by atoms with E-state index < -0.39 is 5.97 Å². The molecule has 4 heteroatoms. The molecule has 0 spiro atoms. The summed E-state index contributed by atoms with van der Waals surface area (Å²) in [6, 6.07) is 8.64. The second-order valence-corrected chi connectivity index (χ2v) is 5.12. The van der Waals surface area contributed by atoms with Gasteiger partial charge in [-0.15, -0.1) is 0 Å². The highest BCUT2D eigenvalue weighted by Crippen LogP contribution is 2.22. The minimum atomic E-state index is -0.919. The Morgan fingerprint density at radius 1 is 1.37 bits per heavy atom. The molecule has 0 radical (unpaired) electrons. The van der Waals surface area contributed by atoms with Gasteiger partial charge >= 0.3 is 5.97 Å². The van der Waals surface area contributed by atoms with Crippen LogP contribution in [0.1, 0.15) is 12.0 Å². The highest BCUT2D eigenvalue weighted by atomic mass is 16.4. The predicted octanol–water partition coefficient (Wildman–Crippen LogP) is 1.92. The van der Waals surface area contributed by atoms with Gasteiger partial charge in [-0.2, -0.15) is 0 Å². The van der Waals surface area contributed by atoms with Crippen molar-refractivity contribution in [2.45, 2.75) is 12.5 Å². The van der Waals surface area contributed by atoms with Crippen LogP contribution < -0.4 is 4.90 Å². The molecule has 4 nitrogen and oxygen atoms in total. The first-order valence-electron chi connectivity index (χ1n) is 6.48. The van der Waals surface area contributed by atoms with Crippen molar-refractivity contribution in [2.75, 3.05) is 32.1 Å². The number of anilines is 1. The van der Waals surface area contributed by atoms with E-state index in [2.05, 4.69) is 36.0 Å². The van der Waals surface area contributed by atoms with E-state index in [4.69, 9.17) is 5.11 Å². The molecule has 0 aliphatic carbocycles. The molecule has 1 N–H and O–H groups in total. The normalized spacial score (nSPS) is 19.5. The molecule has 1 aromatic rings. The van der Waals surface area contributed by atoms with Crippen molar-refractivity contribution in [3.05, 3.63) is 35.9 Å². The smallest absolute Gasteiger partial charge is 0.328 e. The fraction of sp³-hybridized carbons (Fsp3) is 0.400. The van der Waals surface area contributed by atoms with E-state index in [0.29, 0.717) is 6.04 Å². The summed E-state index contributed by atoms with van der Waals surface area (Å²) < 4.78 is 0. The Morgan fingerprint density at radius 2 is 2.05 bits per heavy atom. The van der Waals surface area contributed by atoms with Gasteiger partial charge in [0, 0.05) is 30.9 Å². The molecule has 102 valence electrons. The van der Waals surface area contributed by atoms with Gasteiger partial charge < -0.3 is 14.9 Å². The number of hydrogen-bond donors (Lipinski definition) is 1. The number of carboxylic acids is 1. The quantitative estimate of drug-likeness (QED) is 0.840. The molecule has 2 rings (SSSR count). The fourth-order valence-electron chi connectivity index (χ4n) is 2.36.